The molecule has 1 heterocycles. The summed E-state index contributed by atoms with van der Waals surface area (Å²) < 4.78 is 0. The van der Waals surface area contributed by atoms with Crippen LogP contribution in [-0.4, -0.2) is 5.78 Å². The number of hydrogen-bond acceptors (Lipinski definition) is 3. The number of para-hydroxylation sites is 1. The van der Waals surface area contributed by atoms with E-state index >= 15 is 0 Å². The number of thiophene rings is 1. The molecule has 0 fully saturated rings. The van der Waals surface area contributed by atoms with Crippen molar-refractivity contribution in [2.45, 2.75) is 13.8 Å². The molecule has 2 nitrogen and oxygen atoms in total. The first-order valence-corrected chi connectivity index (χ1v) is 5.87. The standard InChI is InChI=1S/C13H13NOS/c1-8-4-3-5-10(12(8)14)13(15)11-7-6-9(2)16-11/h3-7H,14H2,1-2H3. The Morgan fingerprint density at radius 2 is 1.94 bits per heavy atom. The average Bonchev–Trinajstić information content (AvgIpc) is 2.68. The fourth-order valence-corrected chi connectivity index (χ4v) is 2.39. The molecule has 0 unspecified atom stereocenters. The first-order chi connectivity index (χ1) is 7.59. The van der Waals surface area contributed by atoms with Gasteiger partial charge in [0.15, 0.2) is 0 Å². The van der Waals surface area contributed by atoms with Crippen LogP contribution in [0.25, 0.3) is 0 Å². The van der Waals surface area contributed by atoms with Crippen LogP contribution < -0.4 is 5.73 Å². The SMILES string of the molecule is Cc1ccc(C(=O)c2cccc(C)c2N)s1. The van der Waals surface area contributed by atoms with E-state index in [1.807, 2.05) is 38.1 Å². The predicted octanol–water partition coefficient (Wildman–Crippen LogP) is 3.18. The molecule has 2 rings (SSSR count). The first kappa shape index (κ1) is 10.9. The number of ketones is 1. The maximum Gasteiger partial charge on any atom is 0.205 e. The van der Waals surface area contributed by atoms with E-state index in [4.69, 9.17) is 5.73 Å². The second-order valence-electron chi connectivity index (χ2n) is 3.78. The van der Waals surface area contributed by atoms with Crippen LogP contribution in [0.4, 0.5) is 5.69 Å². The topological polar surface area (TPSA) is 43.1 Å². The third kappa shape index (κ3) is 1.86. The van der Waals surface area contributed by atoms with E-state index in [9.17, 15) is 4.79 Å². The quantitative estimate of drug-likeness (QED) is 0.637. The lowest BCUT2D eigenvalue weighted by Crippen LogP contribution is -2.04. The molecule has 16 heavy (non-hydrogen) atoms. The van der Waals surface area contributed by atoms with Gasteiger partial charge >= 0.3 is 0 Å². The molecular weight excluding hydrogens is 218 g/mol. The van der Waals surface area contributed by atoms with Crippen molar-refractivity contribution in [3.63, 3.8) is 0 Å². The summed E-state index contributed by atoms with van der Waals surface area (Å²) in [6, 6.07) is 9.35. The molecule has 0 bridgehead atoms. The molecule has 3 heteroatoms. The molecule has 2 N–H and O–H groups in total. The zero-order valence-corrected chi connectivity index (χ0v) is 10.1. The Bertz CT molecular complexity index is 543. The highest BCUT2D eigenvalue weighted by Crippen LogP contribution is 2.23. The van der Waals surface area contributed by atoms with Gasteiger partial charge < -0.3 is 5.73 Å². The lowest BCUT2D eigenvalue weighted by atomic mass is 10.0. The van der Waals surface area contributed by atoms with Crippen LogP contribution >= 0.6 is 11.3 Å². The number of hydrogen-bond donors (Lipinski definition) is 1. The zero-order valence-electron chi connectivity index (χ0n) is 9.28. The summed E-state index contributed by atoms with van der Waals surface area (Å²) in [4.78, 5) is 14.0. The number of aryl methyl sites for hydroxylation is 2. The summed E-state index contributed by atoms with van der Waals surface area (Å²) in [5.74, 6) is 0.0132. The second-order valence-corrected chi connectivity index (χ2v) is 5.06. The number of nitrogen functional groups attached to an aromatic ring is 1. The minimum atomic E-state index is 0.0132. The molecule has 0 aliphatic carbocycles. The van der Waals surface area contributed by atoms with Crippen LogP contribution in [0.5, 0.6) is 0 Å². The van der Waals surface area contributed by atoms with Crippen molar-refractivity contribution in [1.29, 1.82) is 0 Å². The fourth-order valence-electron chi connectivity index (χ4n) is 1.57. The van der Waals surface area contributed by atoms with Gasteiger partial charge in [-0.15, -0.1) is 11.3 Å². The van der Waals surface area contributed by atoms with Crippen LogP contribution in [0.3, 0.4) is 0 Å². The number of carbonyl (C=O) groups excluding carboxylic acids is 1. The van der Waals surface area contributed by atoms with Gasteiger partial charge in [-0.25, -0.2) is 0 Å². The van der Waals surface area contributed by atoms with Crippen molar-refractivity contribution in [3.05, 3.63) is 51.2 Å². The lowest BCUT2D eigenvalue weighted by molar-refractivity contribution is 0.104. The Morgan fingerprint density at radius 1 is 1.19 bits per heavy atom. The van der Waals surface area contributed by atoms with Crippen LogP contribution in [0.1, 0.15) is 25.7 Å². The maximum atomic E-state index is 12.2. The van der Waals surface area contributed by atoms with Crippen molar-refractivity contribution in [2.75, 3.05) is 5.73 Å². The van der Waals surface area contributed by atoms with Crippen LogP contribution in [0, 0.1) is 13.8 Å². The summed E-state index contributed by atoms with van der Waals surface area (Å²) >= 11 is 1.50. The molecule has 0 amide bonds. The van der Waals surface area contributed by atoms with Gasteiger partial charge in [0.25, 0.3) is 0 Å². The monoisotopic (exact) mass is 231 g/mol. The van der Waals surface area contributed by atoms with Crippen LogP contribution in [-0.2, 0) is 0 Å². The molecule has 0 aliphatic heterocycles. The molecule has 0 saturated heterocycles. The van der Waals surface area contributed by atoms with Gasteiger partial charge in [0.1, 0.15) is 0 Å². The Hall–Kier alpha value is -1.61. The first-order valence-electron chi connectivity index (χ1n) is 5.06. The van der Waals surface area contributed by atoms with Crippen molar-refractivity contribution >= 4 is 22.8 Å². The molecule has 0 radical (unpaired) electrons. The molecule has 1 aromatic carbocycles. The number of anilines is 1. The molecule has 2 aromatic rings. The molecule has 1 aromatic heterocycles. The fraction of sp³-hybridized carbons (Fsp3) is 0.154. The van der Waals surface area contributed by atoms with Crippen molar-refractivity contribution in [2.24, 2.45) is 0 Å². The summed E-state index contributed by atoms with van der Waals surface area (Å²) in [5.41, 5.74) is 8.04. The van der Waals surface area contributed by atoms with E-state index in [0.717, 1.165) is 15.3 Å². The lowest BCUT2D eigenvalue weighted by Gasteiger charge is -2.05. The van der Waals surface area contributed by atoms with Gasteiger partial charge in [-0.05, 0) is 37.6 Å². The Kier molecular flexibility index (Phi) is 2.79. The highest BCUT2D eigenvalue weighted by molar-refractivity contribution is 7.14. The van der Waals surface area contributed by atoms with Gasteiger partial charge in [-0.3, -0.25) is 4.79 Å². The highest BCUT2D eigenvalue weighted by Gasteiger charge is 2.14. The Labute approximate surface area is 98.7 Å². The largest absolute Gasteiger partial charge is 0.398 e. The summed E-state index contributed by atoms with van der Waals surface area (Å²) in [5, 5.41) is 0. The van der Waals surface area contributed by atoms with Crippen LogP contribution in [0.15, 0.2) is 30.3 Å². The average molecular weight is 231 g/mol. The van der Waals surface area contributed by atoms with E-state index in [2.05, 4.69) is 0 Å². The van der Waals surface area contributed by atoms with E-state index in [-0.39, 0.29) is 5.78 Å². The third-order valence-corrected chi connectivity index (χ3v) is 3.53. The molecule has 0 atom stereocenters. The van der Waals surface area contributed by atoms with Crippen molar-refractivity contribution in [3.8, 4) is 0 Å². The molecule has 0 spiro atoms. The van der Waals surface area contributed by atoms with Crippen molar-refractivity contribution < 1.29 is 4.79 Å². The van der Waals surface area contributed by atoms with Gasteiger partial charge in [-0.2, -0.15) is 0 Å². The number of rotatable bonds is 2. The van der Waals surface area contributed by atoms with E-state index < -0.39 is 0 Å². The summed E-state index contributed by atoms with van der Waals surface area (Å²) in [6.45, 7) is 3.90. The van der Waals surface area contributed by atoms with E-state index in [0.29, 0.717) is 11.3 Å². The smallest absolute Gasteiger partial charge is 0.205 e. The number of carbonyl (C=O) groups is 1. The Morgan fingerprint density at radius 3 is 2.56 bits per heavy atom. The maximum absolute atomic E-state index is 12.2. The van der Waals surface area contributed by atoms with Crippen LogP contribution in [0.2, 0.25) is 0 Å². The molecule has 82 valence electrons. The van der Waals surface area contributed by atoms with Crippen molar-refractivity contribution in [1.82, 2.24) is 0 Å². The van der Waals surface area contributed by atoms with Gasteiger partial charge in [0.05, 0.1) is 4.88 Å². The molecule has 0 saturated carbocycles. The van der Waals surface area contributed by atoms with E-state index in [1.54, 1.807) is 6.07 Å². The third-order valence-electron chi connectivity index (χ3n) is 2.53. The zero-order chi connectivity index (χ0) is 11.7. The van der Waals surface area contributed by atoms with Gasteiger partial charge in [-0.1, -0.05) is 12.1 Å². The molecular formula is C13H13NOS. The Balaban J connectivity index is 2.45. The van der Waals surface area contributed by atoms with Gasteiger partial charge in [0, 0.05) is 16.1 Å². The minimum absolute atomic E-state index is 0.0132. The second kappa shape index (κ2) is 4.10. The highest BCUT2D eigenvalue weighted by atomic mass is 32.1. The summed E-state index contributed by atoms with van der Waals surface area (Å²) in [6.07, 6.45) is 0. The predicted molar refractivity (Wildman–Crippen MR) is 68.1 cm³/mol. The van der Waals surface area contributed by atoms with Gasteiger partial charge in [0.2, 0.25) is 5.78 Å². The molecule has 0 aliphatic rings. The van der Waals surface area contributed by atoms with E-state index in [1.165, 1.54) is 11.3 Å². The number of benzene rings is 1. The normalized spacial score (nSPS) is 10.4. The minimum Gasteiger partial charge on any atom is -0.398 e. The number of nitrogens with two attached hydrogens (primary N) is 1. The summed E-state index contributed by atoms with van der Waals surface area (Å²) in [7, 11) is 0.